The molecule has 0 aliphatic heterocycles. The lowest BCUT2D eigenvalue weighted by Crippen LogP contribution is -2.05. The number of carbonyl (C=O) groups is 1. The quantitative estimate of drug-likeness (QED) is 0.819. The standard InChI is InChI=1S/C19H21NO4/c1-13(21)20-16-10-6-14(7-11-16)5-8-15-9-12-17(22-2)19(24-4)18(15)23-3/h5-12H,1-4H3,(H,20,21). The maximum atomic E-state index is 11.0. The SMILES string of the molecule is COc1ccc(C=Cc2ccc(NC(C)=O)cc2)c(OC)c1OC. The summed E-state index contributed by atoms with van der Waals surface area (Å²) in [5.74, 6) is 1.70. The van der Waals surface area contributed by atoms with Gasteiger partial charge >= 0.3 is 0 Å². The van der Waals surface area contributed by atoms with Crippen LogP contribution in [0.4, 0.5) is 5.69 Å². The molecule has 2 aromatic rings. The zero-order valence-corrected chi connectivity index (χ0v) is 14.3. The minimum atomic E-state index is -0.0895. The smallest absolute Gasteiger partial charge is 0.221 e. The van der Waals surface area contributed by atoms with Crippen LogP contribution in [0.3, 0.4) is 0 Å². The van der Waals surface area contributed by atoms with Gasteiger partial charge in [-0.1, -0.05) is 24.3 Å². The van der Waals surface area contributed by atoms with Crippen LogP contribution >= 0.6 is 0 Å². The van der Waals surface area contributed by atoms with E-state index in [-0.39, 0.29) is 5.91 Å². The molecule has 5 heteroatoms. The van der Waals surface area contributed by atoms with Crippen molar-refractivity contribution >= 4 is 23.7 Å². The largest absolute Gasteiger partial charge is 0.493 e. The molecular formula is C19H21NO4. The fourth-order valence-electron chi connectivity index (χ4n) is 2.32. The Hall–Kier alpha value is -2.95. The number of hydrogen-bond acceptors (Lipinski definition) is 4. The number of benzene rings is 2. The van der Waals surface area contributed by atoms with Crippen molar-refractivity contribution in [1.29, 1.82) is 0 Å². The second-order valence-electron chi connectivity index (χ2n) is 5.06. The van der Waals surface area contributed by atoms with E-state index in [0.29, 0.717) is 17.2 Å². The van der Waals surface area contributed by atoms with Crippen LogP contribution in [0.25, 0.3) is 12.2 Å². The second kappa shape index (κ2) is 8.06. The summed E-state index contributed by atoms with van der Waals surface area (Å²) in [5.41, 5.74) is 2.64. The van der Waals surface area contributed by atoms with Crippen molar-refractivity contribution in [2.75, 3.05) is 26.6 Å². The molecule has 24 heavy (non-hydrogen) atoms. The lowest BCUT2D eigenvalue weighted by atomic mass is 10.1. The first-order valence-corrected chi connectivity index (χ1v) is 7.43. The van der Waals surface area contributed by atoms with Crippen molar-refractivity contribution in [2.45, 2.75) is 6.92 Å². The highest BCUT2D eigenvalue weighted by molar-refractivity contribution is 5.88. The van der Waals surface area contributed by atoms with Gasteiger partial charge in [-0.25, -0.2) is 0 Å². The van der Waals surface area contributed by atoms with Crippen LogP contribution in [-0.2, 0) is 4.79 Å². The molecule has 0 radical (unpaired) electrons. The molecule has 0 saturated heterocycles. The molecule has 0 aliphatic carbocycles. The number of nitrogens with one attached hydrogen (secondary N) is 1. The van der Waals surface area contributed by atoms with Gasteiger partial charge in [-0.3, -0.25) is 4.79 Å². The first-order valence-electron chi connectivity index (χ1n) is 7.43. The maximum Gasteiger partial charge on any atom is 0.221 e. The maximum absolute atomic E-state index is 11.0. The lowest BCUT2D eigenvalue weighted by Gasteiger charge is -2.14. The third kappa shape index (κ3) is 4.07. The molecule has 0 saturated carbocycles. The van der Waals surface area contributed by atoms with Crippen molar-refractivity contribution < 1.29 is 19.0 Å². The molecule has 0 aromatic heterocycles. The van der Waals surface area contributed by atoms with Crippen molar-refractivity contribution in [3.63, 3.8) is 0 Å². The van der Waals surface area contributed by atoms with Gasteiger partial charge in [0, 0.05) is 18.2 Å². The Morgan fingerprint density at radius 3 is 2.08 bits per heavy atom. The third-order valence-corrected chi connectivity index (χ3v) is 3.42. The summed E-state index contributed by atoms with van der Waals surface area (Å²) in [5, 5.41) is 2.74. The number of rotatable bonds is 6. The Bertz CT molecular complexity index is 736. The van der Waals surface area contributed by atoms with Gasteiger partial charge in [0.05, 0.1) is 21.3 Å². The number of anilines is 1. The molecule has 0 unspecified atom stereocenters. The lowest BCUT2D eigenvalue weighted by molar-refractivity contribution is -0.114. The normalized spacial score (nSPS) is 10.5. The number of amides is 1. The van der Waals surface area contributed by atoms with Crippen LogP contribution in [0.15, 0.2) is 36.4 Å². The van der Waals surface area contributed by atoms with Gasteiger partial charge in [0.25, 0.3) is 0 Å². The van der Waals surface area contributed by atoms with E-state index in [1.54, 1.807) is 21.3 Å². The molecule has 1 amide bonds. The highest BCUT2D eigenvalue weighted by Crippen LogP contribution is 2.40. The molecule has 2 aromatic carbocycles. The fraction of sp³-hybridized carbons (Fsp3) is 0.211. The van der Waals surface area contributed by atoms with Crippen molar-refractivity contribution in [3.05, 3.63) is 47.5 Å². The second-order valence-corrected chi connectivity index (χ2v) is 5.06. The molecule has 2 rings (SSSR count). The number of carbonyl (C=O) groups excluding carboxylic acids is 1. The fourth-order valence-corrected chi connectivity index (χ4v) is 2.32. The summed E-state index contributed by atoms with van der Waals surface area (Å²) in [7, 11) is 4.76. The Kier molecular flexibility index (Phi) is 5.84. The zero-order valence-electron chi connectivity index (χ0n) is 14.3. The first kappa shape index (κ1) is 17.4. The number of methoxy groups -OCH3 is 3. The molecule has 0 bridgehead atoms. The molecule has 0 aliphatic rings. The molecule has 0 spiro atoms. The van der Waals surface area contributed by atoms with Crippen LogP contribution in [0.1, 0.15) is 18.1 Å². The average molecular weight is 327 g/mol. The van der Waals surface area contributed by atoms with Crippen LogP contribution in [0.2, 0.25) is 0 Å². The van der Waals surface area contributed by atoms with Gasteiger partial charge in [0.2, 0.25) is 11.7 Å². The molecule has 0 atom stereocenters. The summed E-state index contributed by atoms with van der Waals surface area (Å²) in [4.78, 5) is 11.0. The molecule has 0 fully saturated rings. The van der Waals surface area contributed by atoms with Gasteiger partial charge in [-0.05, 0) is 29.8 Å². The highest BCUT2D eigenvalue weighted by Gasteiger charge is 2.13. The van der Waals surface area contributed by atoms with Gasteiger partial charge in [-0.15, -0.1) is 0 Å². The van der Waals surface area contributed by atoms with Crippen LogP contribution in [0, 0.1) is 0 Å². The van der Waals surface area contributed by atoms with E-state index in [2.05, 4.69) is 5.32 Å². The third-order valence-electron chi connectivity index (χ3n) is 3.42. The average Bonchev–Trinajstić information content (AvgIpc) is 2.59. The van der Waals surface area contributed by atoms with Crippen LogP contribution in [0.5, 0.6) is 17.2 Å². The van der Waals surface area contributed by atoms with Gasteiger partial charge in [-0.2, -0.15) is 0 Å². The molecule has 1 N–H and O–H groups in total. The van der Waals surface area contributed by atoms with E-state index in [1.165, 1.54) is 6.92 Å². The van der Waals surface area contributed by atoms with Crippen molar-refractivity contribution in [2.24, 2.45) is 0 Å². The van der Waals surface area contributed by atoms with Crippen LogP contribution < -0.4 is 19.5 Å². The van der Waals surface area contributed by atoms with E-state index >= 15 is 0 Å². The van der Waals surface area contributed by atoms with E-state index in [4.69, 9.17) is 14.2 Å². The highest BCUT2D eigenvalue weighted by atomic mass is 16.5. The minimum Gasteiger partial charge on any atom is -0.493 e. The Labute approximate surface area is 141 Å². The summed E-state index contributed by atoms with van der Waals surface area (Å²) < 4.78 is 16.1. The zero-order chi connectivity index (χ0) is 17.5. The van der Waals surface area contributed by atoms with Crippen LogP contribution in [-0.4, -0.2) is 27.2 Å². The number of ether oxygens (including phenoxy) is 3. The van der Waals surface area contributed by atoms with Gasteiger partial charge < -0.3 is 19.5 Å². The summed E-state index contributed by atoms with van der Waals surface area (Å²) in [6.45, 7) is 1.48. The monoisotopic (exact) mass is 327 g/mol. The number of hydrogen-bond donors (Lipinski definition) is 1. The first-order chi connectivity index (χ1) is 11.6. The molecule has 0 heterocycles. The summed E-state index contributed by atoms with van der Waals surface area (Å²) >= 11 is 0. The van der Waals surface area contributed by atoms with E-state index in [0.717, 1.165) is 16.8 Å². The predicted octanol–water partition coefficient (Wildman–Crippen LogP) is 3.84. The molecule has 5 nitrogen and oxygen atoms in total. The van der Waals surface area contributed by atoms with Crippen molar-refractivity contribution in [1.82, 2.24) is 0 Å². The minimum absolute atomic E-state index is 0.0895. The Morgan fingerprint density at radius 1 is 0.875 bits per heavy atom. The molecular weight excluding hydrogens is 306 g/mol. The Morgan fingerprint density at radius 2 is 1.54 bits per heavy atom. The Balaban J connectivity index is 2.27. The van der Waals surface area contributed by atoms with Crippen molar-refractivity contribution in [3.8, 4) is 17.2 Å². The summed E-state index contributed by atoms with van der Waals surface area (Å²) in [6, 6.07) is 11.3. The van der Waals surface area contributed by atoms with Gasteiger partial charge in [0.15, 0.2) is 11.5 Å². The van der Waals surface area contributed by atoms with Gasteiger partial charge in [0.1, 0.15) is 0 Å². The summed E-state index contributed by atoms with van der Waals surface area (Å²) in [6.07, 6.45) is 3.90. The van der Waals surface area contributed by atoms with E-state index in [9.17, 15) is 4.79 Å². The van der Waals surface area contributed by atoms with E-state index < -0.39 is 0 Å². The topological polar surface area (TPSA) is 56.8 Å². The van der Waals surface area contributed by atoms with E-state index in [1.807, 2.05) is 48.6 Å². The molecule has 126 valence electrons. The predicted molar refractivity (Wildman–Crippen MR) is 95.8 cm³/mol.